The van der Waals surface area contributed by atoms with E-state index in [1.165, 1.54) is 0 Å². The Bertz CT molecular complexity index is 540. The van der Waals surface area contributed by atoms with Crippen LogP contribution in [0.15, 0.2) is 35.7 Å². The maximum atomic E-state index is 11.2. The minimum atomic E-state index is -0.164. The van der Waals surface area contributed by atoms with Gasteiger partial charge in [-0.3, -0.25) is 4.79 Å². The van der Waals surface area contributed by atoms with Gasteiger partial charge in [-0.25, -0.2) is 4.98 Å². The number of benzene rings is 1. The van der Waals surface area contributed by atoms with Crippen LogP contribution >= 0.6 is 11.3 Å². The number of hydrogen-bond donors (Lipinski definition) is 1. The number of carbonyl (C=O) groups is 1. The summed E-state index contributed by atoms with van der Waals surface area (Å²) in [5, 5.41) is 6.26. The Balaban J connectivity index is 1.78. The van der Waals surface area contributed by atoms with Gasteiger partial charge in [-0.2, -0.15) is 0 Å². The predicted molar refractivity (Wildman–Crippen MR) is 80.5 cm³/mol. The molecule has 0 saturated carbocycles. The number of nitrogens with zero attached hydrogens (tertiary/aromatic N) is 1. The van der Waals surface area contributed by atoms with Gasteiger partial charge in [0.25, 0.3) is 0 Å². The number of rotatable bonds is 7. The SMILES string of the molecule is CCOC(=O)CCNCc1csc(-c2ccccc2)n1. The van der Waals surface area contributed by atoms with E-state index in [-0.39, 0.29) is 5.97 Å². The molecular formula is C15H18N2O2S. The van der Waals surface area contributed by atoms with E-state index in [1.807, 2.05) is 30.5 Å². The highest BCUT2D eigenvalue weighted by Gasteiger charge is 2.05. The number of aromatic nitrogens is 1. The summed E-state index contributed by atoms with van der Waals surface area (Å²) in [4.78, 5) is 15.7. The van der Waals surface area contributed by atoms with Crippen LogP contribution in [-0.2, 0) is 16.1 Å². The summed E-state index contributed by atoms with van der Waals surface area (Å²) in [5.41, 5.74) is 2.13. The number of esters is 1. The van der Waals surface area contributed by atoms with Gasteiger partial charge in [0.15, 0.2) is 0 Å². The van der Waals surface area contributed by atoms with Crippen molar-refractivity contribution in [2.75, 3.05) is 13.2 Å². The van der Waals surface area contributed by atoms with Crippen LogP contribution < -0.4 is 5.32 Å². The molecule has 0 aliphatic carbocycles. The molecule has 0 bridgehead atoms. The lowest BCUT2D eigenvalue weighted by Gasteiger charge is -2.02. The molecule has 20 heavy (non-hydrogen) atoms. The van der Waals surface area contributed by atoms with Crippen molar-refractivity contribution in [2.24, 2.45) is 0 Å². The Kier molecular flexibility index (Phi) is 5.70. The van der Waals surface area contributed by atoms with Gasteiger partial charge in [-0.1, -0.05) is 30.3 Å². The first-order chi connectivity index (χ1) is 9.79. The van der Waals surface area contributed by atoms with Gasteiger partial charge in [0.1, 0.15) is 5.01 Å². The van der Waals surface area contributed by atoms with Crippen molar-refractivity contribution in [1.82, 2.24) is 10.3 Å². The van der Waals surface area contributed by atoms with Crippen molar-refractivity contribution in [1.29, 1.82) is 0 Å². The number of nitrogens with one attached hydrogen (secondary N) is 1. The lowest BCUT2D eigenvalue weighted by molar-refractivity contribution is -0.142. The van der Waals surface area contributed by atoms with Crippen LogP contribution in [0.1, 0.15) is 19.0 Å². The lowest BCUT2D eigenvalue weighted by Crippen LogP contribution is -2.19. The molecule has 0 radical (unpaired) electrons. The molecule has 5 heteroatoms. The molecule has 2 rings (SSSR count). The van der Waals surface area contributed by atoms with Crippen LogP contribution in [0.25, 0.3) is 10.6 Å². The summed E-state index contributed by atoms with van der Waals surface area (Å²) < 4.78 is 4.86. The Morgan fingerprint density at radius 1 is 1.35 bits per heavy atom. The Morgan fingerprint density at radius 2 is 2.15 bits per heavy atom. The van der Waals surface area contributed by atoms with E-state index in [1.54, 1.807) is 11.3 Å². The third-order valence-electron chi connectivity index (χ3n) is 2.69. The number of thiazole rings is 1. The van der Waals surface area contributed by atoms with Gasteiger partial charge in [-0.15, -0.1) is 11.3 Å². The average molecular weight is 290 g/mol. The first-order valence-corrected chi connectivity index (χ1v) is 7.53. The molecule has 1 aromatic heterocycles. The molecule has 0 aliphatic rings. The van der Waals surface area contributed by atoms with Gasteiger partial charge in [0.2, 0.25) is 0 Å². The number of ether oxygens (including phenoxy) is 1. The van der Waals surface area contributed by atoms with Crippen LogP contribution in [-0.4, -0.2) is 24.1 Å². The molecule has 1 heterocycles. The minimum absolute atomic E-state index is 0.164. The maximum Gasteiger partial charge on any atom is 0.307 e. The fourth-order valence-electron chi connectivity index (χ4n) is 1.74. The highest BCUT2D eigenvalue weighted by Crippen LogP contribution is 2.22. The summed E-state index contributed by atoms with van der Waals surface area (Å²) in [7, 11) is 0. The molecule has 2 aromatic rings. The highest BCUT2D eigenvalue weighted by molar-refractivity contribution is 7.13. The van der Waals surface area contributed by atoms with E-state index >= 15 is 0 Å². The van der Waals surface area contributed by atoms with Crippen LogP contribution in [0.2, 0.25) is 0 Å². The second kappa shape index (κ2) is 7.77. The fraction of sp³-hybridized carbons (Fsp3) is 0.333. The summed E-state index contributed by atoms with van der Waals surface area (Å²) in [6.45, 7) is 3.52. The zero-order chi connectivity index (χ0) is 14.2. The molecule has 1 aromatic carbocycles. The maximum absolute atomic E-state index is 11.2. The smallest absolute Gasteiger partial charge is 0.307 e. The number of hydrogen-bond acceptors (Lipinski definition) is 5. The summed E-state index contributed by atoms with van der Waals surface area (Å²) in [5.74, 6) is -0.164. The van der Waals surface area contributed by atoms with Crippen molar-refractivity contribution in [3.8, 4) is 10.6 Å². The number of carbonyl (C=O) groups excluding carboxylic acids is 1. The summed E-state index contributed by atoms with van der Waals surface area (Å²) in [6, 6.07) is 10.1. The lowest BCUT2D eigenvalue weighted by atomic mass is 10.2. The average Bonchev–Trinajstić information content (AvgIpc) is 2.94. The Labute approximate surface area is 122 Å². The van der Waals surface area contributed by atoms with E-state index in [4.69, 9.17) is 4.74 Å². The van der Waals surface area contributed by atoms with E-state index in [9.17, 15) is 4.79 Å². The normalized spacial score (nSPS) is 10.4. The second-order valence-corrected chi connectivity index (χ2v) is 5.10. The molecule has 0 unspecified atom stereocenters. The summed E-state index contributed by atoms with van der Waals surface area (Å²) in [6.07, 6.45) is 0.392. The molecule has 4 nitrogen and oxygen atoms in total. The molecule has 0 amide bonds. The minimum Gasteiger partial charge on any atom is -0.466 e. The monoisotopic (exact) mass is 290 g/mol. The quantitative estimate of drug-likeness (QED) is 0.629. The van der Waals surface area contributed by atoms with E-state index in [2.05, 4.69) is 22.4 Å². The zero-order valence-electron chi connectivity index (χ0n) is 11.5. The zero-order valence-corrected chi connectivity index (χ0v) is 12.3. The third kappa shape index (κ3) is 4.43. The van der Waals surface area contributed by atoms with Gasteiger partial charge in [-0.05, 0) is 6.92 Å². The fourth-order valence-corrected chi connectivity index (χ4v) is 2.57. The summed E-state index contributed by atoms with van der Waals surface area (Å²) >= 11 is 1.63. The van der Waals surface area contributed by atoms with Gasteiger partial charge in [0, 0.05) is 24.0 Å². The second-order valence-electron chi connectivity index (χ2n) is 4.24. The highest BCUT2D eigenvalue weighted by atomic mass is 32.1. The van der Waals surface area contributed by atoms with Crippen LogP contribution in [0.3, 0.4) is 0 Å². The largest absolute Gasteiger partial charge is 0.466 e. The molecule has 0 fully saturated rings. The first kappa shape index (κ1) is 14.7. The topological polar surface area (TPSA) is 51.2 Å². The first-order valence-electron chi connectivity index (χ1n) is 6.65. The van der Waals surface area contributed by atoms with E-state index in [0.29, 0.717) is 26.1 Å². The van der Waals surface area contributed by atoms with Gasteiger partial charge < -0.3 is 10.1 Å². The van der Waals surface area contributed by atoms with E-state index < -0.39 is 0 Å². The van der Waals surface area contributed by atoms with Crippen molar-refractivity contribution >= 4 is 17.3 Å². The Morgan fingerprint density at radius 3 is 2.90 bits per heavy atom. The van der Waals surface area contributed by atoms with Crippen molar-refractivity contribution in [3.63, 3.8) is 0 Å². The molecule has 0 aliphatic heterocycles. The van der Waals surface area contributed by atoms with Crippen molar-refractivity contribution < 1.29 is 9.53 Å². The van der Waals surface area contributed by atoms with E-state index in [0.717, 1.165) is 16.3 Å². The van der Waals surface area contributed by atoms with Crippen LogP contribution in [0, 0.1) is 0 Å². The molecule has 106 valence electrons. The Hall–Kier alpha value is -1.72. The van der Waals surface area contributed by atoms with Crippen molar-refractivity contribution in [2.45, 2.75) is 19.9 Å². The van der Waals surface area contributed by atoms with Crippen molar-refractivity contribution in [3.05, 3.63) is 41.4 Å². The molecule has 0 atom stereocenters. The molecular weight excluding hydrogens is 272 g/mol. The van der Waals surface area contributed by atoms with Crippen LogP contribution in [0.5, 0.6) is 0 Å². The molecule has 1 N–H and O–H groups in total. The molecule has 0 saturated heterocycles. The standard InChI is InChI=1S/C15H18N2O2S/c1-2-19-14(18)8-9-16-10-13-11-20-15(17-13)12-6-4-3-5-7-12/h3-7,11,16H,2,8-10H2,1H3. The predicted octanol–water partition coefficient (Wildman–Crippen LogP) is 2.85. The van der Waals surface area contributed by atoms with Gasteiger partial charge in [0.05, 0.1) is 18.7 Å². The van der Waals surface area contributed by atoms with Crippen LogP contribution in [0.4, 0.5) is 0 Å². The third-order valence-corrected chi connectivity index (χ3v) is 3.63. The molecule has 0 spiro atoms. The van der Waals surface area contributed by atoms with Gasteiger partial charge >= 0.3 is 5.97 Å².